The van der Waals surface area contributed by atoms with E-state index in [1.807, 2.05) is 0 Å². The zero-order valence-corrected chi connectivity index (χ0v) is 11.7. The Morgan fingerprint density at radius 3 is 1.15 bits per heavy atom. The molecule has 0 rings (SSSR count). The smallest absolute Gasteiger partial charge is 0.330 e. The van der Waals surface area contributed by atoms with Crippen molar-refractivity contribution < 1.29 is 30.0 Å². The molecule has 0 amide bonds. The van der Waals surface area contributed by atoms with Crippen molar-refractivity contribution in [1.29, 1.82) is 0 Å². The lowest BCUT2D eigenvalue weighted by molar-refractivity contribution is -0.132. The largest absolute Gasteiger partial charge is 0.478 e. The molecule has 0 spiro atoms. The fourth-order valence-electron chi connectivity index (χ4n) is 0.613. The van der Waals surface area contributed by atoms with Gasteiger partial charge in [-0.25, -0.2) is 9.59 Å². The Labute approximate surface area is 118 Å². The average Bonchev–Trinajstić information content (AvgIpc) is 2.24. The van der Waals surface area contributed by atoms with E-state index in [9.17, 15) is 9.59 Å². The third-order valence-electron chi connectivity index (χ3n) is 1.27. The lowest BCUT2D eigenvalue weighted by Crippen LogP contribution is -1.96. The van der Waals surface area contributed by atoms with Crippen molar-refractivity contribution in [2.45, 2.75) is 26.7 Å². The normalized spacial score (nSPS) is 10.6. The van der Waals surface area contributed by atoms with Crippen LogP contribution in [0.2, 0.25) is 0 Å². The Morgan fingerprint density at radius 1 is 0.850 bits per heavy atom. The molecule has 8 heteroatoms. The van der Waals surface area contributed by atoms with Crippen molar-refractivity contribution in [1.82, 2.24) is 0 Å². The fourth-order valence-corrected chi connectivity index (χ4v) is 0.613. The summed E-state index contributed by atoms with van der Waals surface area (Å²) >= 11 is 0. The van der Waals surface area contributed by atoms with Crippen molar-refractivity contribution in [3.63, 3.8) is 0 Å². The van der Waals surface area contributed by atoms with Crippen LogP contribution in [0.3, 0.4) is 0 Å². The molecule has 0 aliphatic rings. The highest BCUT2D eigenvalue weighted by molar-refractivity contribution is 5.80. The maximum absolute atomic E-state index is 9.65. The predicted molar refractivity (Wildman–Crippen MR) is 74.6 cm³/mol. The average molecular weight is 292 g/mol. The van der Waals surface area contributed by atoms with Gasteiger partial charge in [-0.1, -0.05) is 0 Å². The van der Waals surface area contributed by atoms with Crippen LogP contribution < -0.4 is 11.5 Å². The van der Waals surface area contributed by atoms with Gasteiger partial charge >= 0.3 is 11.9 Å². The van der Waals surface area contributed by atoms with Gasteiger partial charge < -0.3 is 31.9 Å². The van der Waals surface area contributed by atoms with E-state index in [1.165, 1.54) is 13.8 Å². The van der Waals surface area contributed by atoms with Gasteiger partial charge in [0.1, 0.15) is 0 Å². The molecule has 0 aromatic heterocycles. The number of hydrogen-bond acceptors (Lipinski definition) is 6. The number of carbonyl (C=O) groups is 2. The molecular weight excluding hydrogens is 268 g/mol. The van der Waals surface area contributed by atoms with Crippen LogP contribution in [0, 0.1) is 0 Å². The Morgan fingerprint density at radius 2 is 1.10 bits per heavy atom. The summed E-state index contributed by atoms with van der Waals surface area (Å²) in [6, 6.07) is 0. The molecule has 0 aromatic carbocycles. The van der Waals surface area contributed by atoms with E-state index >= 15 is 0 Å². The number of carboxylic acids is 2. The molecule has 0 unspecified atom stereocenters. The van der Waals surface area contributed by atoms with Gasteiger partial charge in [0.05, 0.1) is 0 Å². The van der Waals surface area contributed by atoms with Gasteiger partial charge in [-0.15, -0.1) is 0 Å². The van der Waals surface area contributed by atoms with Crippen molar-refractivity contribution in [3.05, 3.63) is 23.5 Å². The Balaban J connectivity index is -0.000000218. The van der Waals surface area contributed by atoms with Crippen molar-refractivity contribution in [2.24, 2.45) is 11.5 Å². The second kappa shape index (κ2) is 16.9. The van der Waals surface area contributed by atoms with E-state index in [4.69, 9.17) is 31.9 Å². The lowest BCUT2D eigenvalue weighted by Gasteiger charge is -1.85. The number of rotatable bonds is 5. The predicted octanol–water partition coefficient (Wildman–Crippen LogP) is -0.382. The van der Waals surface area contributed by atoms with Crippen LogP contribution >= 0.6 is 0 Å². The quantitative estimate of drug-likeness (QED) is 0.294. The Kier molecular flexibility index (Phi) is 19.5. The number of nitrogens with two attached hydrogens (primary N) is 2. The first-order valence-corrected chi connectivity index (χ1v) is 5.72. The van der Waals surface area contributed by atoms with Crippen LogP contribution in [-0.2, 0) is 9.59 Å². The van der Waals surface area contributed by atoms with Crippen molar-refractivity contribution in [2.75, 3.05) is 13.2 Å². The van der Waals surface area contributed by atoms with Gasteiger partial charge in [-0.3, -0.25) is 0 Å². The van der Waals surface area contributed by atoms with Crippen LogP contribution in [0.15, 0.2) is 23.5 Å². The van der Waals surface area contributed by atoms with E-state index in [2.05, 4.69) is 0 Å². The summed E-state index contributed by atoms with van der Waals surface area (Å²) in [5.74, 6) is -2.00. The van der Waals surface area contributed by atoms with E-state index in [0.29, 0.717) is 11.4 Å². The minimum Gasteiger partial charge on any atom is -0.478 e. The highest BCUT2D eigenvalue weighted by Crippen LogP contribution is 1.80. The van der Waals surface area contributed by atoms with Crippen LogP contribution in [-0.4, -0.2) is 45.6 Å². The summed E-state index contributed by atoms with van der Waals surface area (Å²) < 4.78 is 0. The zero-order chi connectivity index (χ0) is 16.6. The molecule has 0 bridgehead atoms. The lowest BCUT2D eigenvalue weighted by atomic mass is 10.3. The molecule has 8 N–H and O–H groups in total. The molecule has 118 valence electrons. The molecule has 0 aliphatic heterocycles. The SMILES string of the molecule is CC(N)=CC(=O)O.CC(N)=CC(=O)O.OCCCCO. The summed E-state index contributed by atoms with van der Waals surface area (Å²) in [4.78, 5) is 19.3. The molecule has 0 radical (unpaired) electrons. The topological polar surface area (TPSA) is 167 Å². The van der Waals surface area contributed by atoms with Gasteiger partial charge in [0.2, 0.25) is 0 Å². The molecule has 0 fully saturated rings. The first kappa shape index (κ1) is 23.1. The van der Waals surface area contributed by atoms with Gasteiger partial charge in [-0.05, 0) is 26.7 Å². The molecule has 0 heterocycles. The summed E-state index contributed by atoms with van der Waals surface area (Å²) in [5, 5.41) is 32.0. The third-order valence-corrected chi connectivity index (χ3v) is 1.27. The van der Waals surface area contributed by atoms with E-state index in [0.717, 1.165) is 25.0 Å². The maximum atomic E-state index is 9.65. The summed E-state index contributed by atoms with van der Waals surface area (Å²) in [7, 11) is 0. The minimum absolute atomic E-state index is 0.195. The number of aliphatic hydroxyl groups is 2. The van der Waals surface area contributed by atoms with Crippen LogP contribution in [0.1, 0.15) is 26.7 Å². The standard InChI is InChI=1S/2C4H7NO2.C4H10O2/c2*1-3(5)2-4(6)7;5-3-1-2-4-6/h2*2H,5H2,1H3,(H,6,7);5-6H,1-4H2. The van der Waals surface area contributed by atoms with Crippen molar-refractivity contribution in [3.8, 4) is 0 Å². The Bertz CT molecular complexity index is 286. The van der Waals surface area contributed by atoms with Gasteiger partial charge in [0, 0.05) is 36.8 Å². The molecule has 20 heavy (non-hydrogen) atoms. The number of allylic oxidation sites excluding steroid dienone is 2. The first-order chi connectivity index (χ1) is 9.17. The molecule has 0 saturated carbocycles. The number of unbranched alkanes of at least 4 members (excludes halogenated alkanes) is 1. The van der Waals surface area contributed by atoms with Gasteiger partial charge in [0.25, 0.3) is 0 Å². The number of carboxylic acid groups (broad SMARTS) is 2. The highest BCUT2D eigenvalue weighted by atomic mass is 16.4. The second-order valence-corrected chi connectivity index (χ2v) is 3.61. The van der Waals surface area contributed by atoms with Gasteiger partial charge in [-0.2, -0.15) is 0 Å². The number of aliphatic carboxylic acids is 2. The summed E-state index contributed by atoms with van der Waals surface area (Å²) in [6.07, 6.45) is 3.33. The molecule has 0 saturated heterocycles. The fraction of sp³-hybridized carbons (Fsp3) is 0.500. The zero-order valence-electron chi connectivity index (χ0n) is 11.7. The maximum Gasteiger partial charge on any atom is 0.330 e. The highest BCUT2D eigenvalue weighted by Gasteiger charge is 1.85. The molecule has 0 atom stereocenters. The van der Waals surface area contributed by atoms with E-state index in [-0.39, 0.29) is 13.2 Å². The summed E-state index contributed by atoms with van der Waals surface area (Å²) in [5.41, 5.74) is 10.6. The van der Waals surface area contributed by atoms with Crippen molar-refractivity contribution >= 4 is 11.9 Å². The van der Waals surface area contributed by atoms with Crippen LogP contribution in [0.5, 0.6) is 0 Å². The van der Waals surface area contributed by atoms with Crippen LogP contribution in [0.25, 0.3) is 0 Å². The summed E-state index contributed by atoms with van der Waals surface area (Å²) in [6.45, 7) is 3.43. The van der Waals surface area contributed by atoms with E-state index in [1.54, 1.807) is 0 Å². The molecular formula is C12H24N2O6. The third kappa shape index (κ3) is 44.5. The van der Waals surface area contributed by atoms with Crippen LogP contribution in [0.4, 0.5) is 0 Å². The first-order valence-electron chi connectivity index (χ1n) is 5.72. The number of hydrogen-bond donors (Lipinski definition) is 6. The Hall–Kier alpha value is -2.06. The van der Waals surface area contributed by atoms with E-state index < -0.39 is 11.9 Å². The van der Waals surface area contributed by atoms with Gasteiger partial charge in [0.15, 0.2) is 0 Å². The molecule has 0 aliphatic carbocycles. The molecule has 8 nitrogen and oxygen atoms in total. The number of aliphatic hydroxyl groups excluding tert-OH is 2. The molecule has 0 aromatic rings. The minimum atomic E-state index is -1.000. The monoisotopic (exact) mass is 292 g/mol. The second-order valence-electron chi connectivity index (χ2n) is 3.61.